The fourth-order valence-electron chi connectivity index (χ4n) is 2.32. The highest BCUT2D eigenvalue weighted by atomic mass is 35.5. The SMILES string of the molecule is Cc1cccc2c1nc(C(C)Cl)n2CCOCC(C)C. The Balaban J connectivity index is 2.25. The molecule has 0 aliphatic heterocycles. The van der Waals surface area contributed by atoms with Crippen molar-refractivity contribution in [3.63, 3.8) is 0 Å². The molecule has 1 atom stereocenters. The van der Waals surface area contributed by atoms with Crippen molar-refractivity contribution < 1.29 is 4.74 Å². The number of hydrogen-bond donors (Lipinski definition) is 0. The van der Waals surface area contributed by atoms with E-state index in [9.17, 15) is 0 Å². The molecule has 0 saturated carbocycles. The lowest BCUT2D eigenvalue weighted by molar-refractivity contribution is 0.103. The molecule has 0 N–H and O–H groups in total. The van der Waals surface area contributed by atoms with E-state index < -0.39 is 0 Å². The molecule has 1 unspecified atom stereocenters. The normalized spacial score (nSPS) is 13.3. The summed E-state index contributed by atoms with van der Waals surface area (Å²) in [4.78, 5) is 4.70. The lowest BCUT2D eigenvalue weighted by Crippen LogP contribution is -2.12. The van der Waals surface area contributed by atoms with E-state index in [0.29, 0.717) is 12.5 Å². The first-order valence-corrected chi connectivity index (χ1v) is 7.62. The van der Waals surface area contributed by atoms with Crippen LogP contribution in [-0.4, -0.2) is 22.8 Å². The number of benzene rings is 1. The molecule has 0 aliphatic rings. The molecule has 4 heteroatoms. The Bertz CT molecular complexity index is 575. The van der Waals surface area contributed by atoms with Gasteiger partial charge in [0.1, 0.15) is 5.82 Å². The van der Waals surface area contributed by atoms with Crippen LogP contribution in [0.2, 0.25) is 0 Å². The number of nitrogens with zero attached hydrogens (tertiary/aromatic N) is 2. The third-order valence-electron chi connectivity index (χ3n) is 3.28. The maximum Gasteiger partial charge on any atom is 0.127 e. The fraction of sp³-hybridized carbons (Fsp3) is 0.562. The van der Waals surface area contributed by atoms with Crippen molar-refractivity contribution in [2.24, 2.45) is 5.92 Å². The zero-order chi connectivity index (χ0) is 14.7. The van der Waals surface area contributed by atoms with Gasteiger partial charge in [0, 0.05) is 13.2 Å². The molecular formula is C16H23ClN2O. The number of aromatic nitrogens is 2. The maximum absolute atomic E-state index is 6.27. The number of imidazole rings is 1. The van der Waals surface area contributed by atoms with Crippen LogP contribution in [0.25, 0.3) is 11.0 Å². The van der Waals surface area contributed by atoms with E-state index in [1.807, 2.05) is 6.92 Å². The van der Waals surface area contributed by atoms with E-state index >= 15 is 0 Å². The molecule has 1 aromatic heterocycles. The van der Waals surface area contributed by atoms with Gasteiger partial charge in [-0.25, -0.2) is 4.98 Å². The van der Waals surface area contributed by atoms with Crippen LogP contribution >= 0.6 is 11.6 Å². The van der Waals surface area contributed by atoms with Crippen molar-refractivity contribution in [3.05, 3.63) is 29.6 Å². The van der Waals surface area contributed by atoms with E-state index in [4.69, 9.17) is 21.3 Å². The van der Waals surface area contributed by atoms with Crippen molar-refractivity contribution in [2.75, 3.05) is 13.2 Å². The Morgan fingerprint density at radius 3 is 2.70 bits per heavy atom. The Morgan fingerprint density at radius 2 is 2.05 bits per heavy atom. The molecule has 0 amide bonds. The number of ether oxygens (including phenoxy) is 1. The topological polar surface area (TPSA) is 27.1 Å². The van der Waals surface area contributed by atoms with Gasteiger partial charge in [-0.2, -0.15) is 0 Å². The monoisotopic (exact) mass is 294 g/mol. The highest BCUT2D eigenvalue weighted by Gasteiger charge is 2.15. The molecule has 0 saturated heterocycles. The number of halogens is 1. The summed E-state index contributed by atoms with van der Waals surface area (Å²) in [7, 11) is 0. The highest BCUT2D eigenvalue weighted by molar-refractivity contribution is 6.20. The lowest BCUT2D eigenvalue weighted by Gasteiger charge is -2.12. The minimum Gasteiger partial charge on any atom is -0.379 e. The molecule has 0 spiro atoms. The molecule has 3 nitrogen and oxygen atoms in total. The largest absolute Gasteiger partial charge is 0.379 e. The van der Waals surface area contributed by atoms with Gasteiger partial charge in [0.25, 0.3) is 0 Å². The Kier molecular flexibility index (Phi) is 5.06. The maximum atomic E-state index is 6.27. The summed E-state index contributed by atoms with van der Waals surface area (Å²) in [6.07, 6.45) is 0. The first-order chi connectivity index (χ1) is 9.50. The van der Waals surface area contributed by atoms with Crippen LogP contribution < -0.4 is 0 Å². The lowest BCUT2D eigenvalue weighted by atomic mass is 10.2. The zero-order valence-corrected chi connectivity index (χ0v) is 13.4. The third kappa shape index (κ3) is 3.33. The van der Waals surface area contributed by atoms with Crippen LogP contribution in [0.4, 0.5) is 0 Å². The van der Waals surface area contributed by atoms with Gasteiger partial charge in [-0.05, 0) is 31.4 Å². The Labute approximate surface area is 125 Å². The van der Waals surface area contributed by atoms with Crippen molar-refractivity contribution >= 4 is 22.6 Å². The summed E-state index contributed by atoms with van der Waals surface area (Å²) in [5, 5.41) is -0.105. The van der Waals surface area contributed by atoms with Gasteiger partial charge < -0.3 is 9.30 Å². The second kappa shape index (κ2) is 6.59. The van der Waals surface area contributed by atoms with Crippen LogP contribution in [0.1, 0.15) is 37.5 Å². The van der Waals surface area contributed by atoms with Gasteiger partial charge in [-0.15, -0.1) is 11.6 Å². The molecule has 1 heterocycles. The third-order valence-corrected chi connectivity index (χ3v) is 3.47. The summed E-state index contributed by atoms with van der Waals surface area (Å²) < 4.78 is 7.87. The van der Waals surface area contributed by atoms with Crippen molar-refractivity contribution in [3.8, 4) is 0 Å². The molecule has 2 rings (SSSR count). The van der Waals surface area contributed by atoms with Crippen LogP contribution in [0.3, 0.4) is 0 Å². The molecule has 20 heavy (non-hydrogen) atoms. The summed E-state index contributed by atoms with van der Waals surface area (Å²) in [6.45, 7) is 10.6. The predicted octanol–water partition coefficient (Wildman–Crippen LogP) is 4.32. The standard InChI is InChI=1S/C16H23ClN2O/c1-11(2)10-20-9-8-19-14-7-5-6-12(3)15(14)18-16(19)13(4)17/h5-7,11,13H,8-10H2,1-4H3. The van der Waals surface area contributed by atoms with Gasteiger partial charge in [0.05, 0.1) is 23.0 Å². The molecular weight excluding hydrogens is 272 g/mol. The van der Waals surface area contributed by atoms with Gasteiger partial charge in [0.15, 0.2) is 0 Å². The molecule has 1 aromatic carbocycles. The van der Waals surface area contributed by atoms with Crippen molar-refractivity contribution in [1.29, 1.82) is 0 Å². The van der Waals surface area contributed by atoms with Crippen LogP contribution in [-0.2, 0) is 11.3 Å². The number of alkyl halides is 1. The van der Waals surface area contributed by atoms with Gasteiger partial charge in [-0.1, -0.05) is 26.0 Å². The predicted molar refractivity (Wildman–Crippen MR) is 84.4 cm³/mol. The molecule has 110 valence electrons. The van der Waals surface area contributed by atoms with E-state index in [1.165, 1.54) is 5.56 Å². The molecule has 0 fully saturated rings. The zero-order valence-electron chi connectivity index (χ0n) is 12.7. The number of hydrogen-bond acceptors (Lipinski definition) is 2. The van der Waals surface area contributed by atoms with Crippen LogP contribution in [0.5, 0.6) is 0 Å². The average molecular weight is 295 g/mol. The van der Waals surface area contributed by atoms with Gasteiger partial charge in [-0.3, -0.25) is 0 Å². The van der Waals surface area contributed by atoms with Crippen LogP contribution in [0, 0.1) is 12.8 Å². The number of aryl methyl sites for hydroxylation is 1. The fourth-order valence-corrected chi connectivity index (χ4v) is 2.49. The first kappa shape index (κ1) is 15.3. The minimum atomic E-state index is -0.105. The summed E-state index contributed by atoms with van der Waals surface area (Å²) in [5.74, 6) is 1.48. The summed E-state index contributed by atoms with van der Waals surface area (Å²) >= 11 is 6.27. The number of rotatable bonds is 6. The number of para-hydroxylation sites is 1. The van der Waals surface area contributed by atoms with Crippen molar-refractivity contribution in [1.82, 2.24) is 9.55 Å². The number of fused-ring (bicyclic) bond motifs is 1. The Morgan fingerprint density at radius 1 is 1.30 bits per heavy atom. The van der Waals surface area contributed by atoms with Crippen LogP contribution in [0.15, 0.2) is 18.2 Å². The molecule has 2 aromatic rings. The van der Waals surface area contributed by atoms with Crippen molar-refractivity contribution in [2.45, 2.75) is 39.6 Å². The molecule has 0 aliphatic carbocycles. The van der Waals surface area contributed by atoms with Gasteiger partial charge in [0.2, 0.25) is 0 Å². The smallest absolute Gasteiger partial charge is 0.127 e. The van der Waals surface area contributed by atoms with E-state index in [-0.39, 0.29) is 5.38 Å². The Hall–Kier alpha value is -1.06. The quantitative estimate of drug-likeness (QED) is 0.586. The average Bonchev–Trinajstić information content (AvgIpc) is 2.75. The van der Waals surface area contributed by atoms with Gasteiger partial charge >= 0.3 is 0 Å². The molecule has 0 radical (unpaired) electrons. The van der Waals surface area contributed by atoms with E-state index in [2.05, 4.69) is 43.5 Å². The second-order valence-electron chi connectivity index (χ2n) is 5.65. The van der Waals surface area contributed by atoms with E-state index in [1.54, 1.807) is 0 Å². The minimum absolute atomic E-state index is 0.105. The summed E-state index contributed by atoms with van der Waals surface area (Å²) in [5.41, 5.74) is 3.36. The summed E-state index contributed by atoms with van der Waals surface area (Å²) in [6, 6.07) is 6.24. The highest BCUT2D eigenvalue weighted by Crippen LogP contribution is 2.26. The van der Waals surface area contributed by atoms with E-state index in [0.717, 1.165) is 30.0 Å². The first-order valence-electron chi connectivity index (χ1n) is 7.18. The molecule has 0 bridgehead atoms. The second-order valence-corrected chi connectivity index (χ2v) is 6.30.